The van der Waals surface area contributed by atoms with E-state index in [4.69, 9.17) is 11.6 Å². The standard InChI is InChI=1S/C8H8ClNO/c9-6-4-8(11)10-7-3-1-2-5(6)7/h4H,1-3H2,(H,10,11). The van der Waals surface area contributed by atoms with Crippen molar-refractivity contribution in [2.75, 3.05) is 0 Å². The van der Waals surface area contributed by atoms with Gasteiger partial charge in [0.25, 0.3) is 0 Å². The Bertz CT molecular complexity index is 342. The first-order valence-corrected chi connectivity index (χ1v) is 4.06. The molecule has 3 heteroatoms. The van der Waals surface area contributed by atoms with Gasteiger partial charge in [-0.2, -0.15) is 0 Å². The largest absolute Gasteiger partial charge is 0.326 e. The molecule has 1 N–H and O–H groups in total. The summed E-state index contributed by atoms with van der Waals surface area (Å²) >= 11 is 5.85. The zero-order valence-corrected chi connectivity index (χ0v) is 6.74. The average molecular weight is 170 g/mol. The molecular weight excluding hydrogens is 162 g/mol. The molecule has 0 aliphatic heterocycles. The fraction of sp³-hybridized carbons (Fsp3) is 0.375. The van der Waals surface area contributed by atoms with Gasteiger partial charge >= 0.3 is 0 Å². The molecule has 0 saturated heterocycles. The molecule has 1 aromatic heterocycles. The van der Waals surface area contributed by atoms with Crippen LogP contribution in [0.4, 0.5) is 0 Å². The lowest BCUT2D eigenvalue weighted by atomic mass is 10.2. The van der Waals surface area contributed by atoms with Gasteiger partial charge in [0.2, 0.25) is 5.56 Å². The van der Waals surface area contributed by atoms with Crippen molar-refractivity contribution in [3.63, 3.8) is 0 Å². The second-order valence-electron chi connectivity index (χ2n) is 2.79. The van der Waals surface area contributed by atoms with Crippen LogP contribution in [-0.4, -0.2) is 4.98 Å². The van der Waals surface area contributed by atoms with Crippen molar-refractivity contribution in [2.24, 2.45) is 0 Å². The highest BCUT2D eigenvalue weighted by atomic mass is 35.5. The smallest absolute Gasteiger partial charge is 0.249 e. The third-order valence-corrected chi connectivity index (χ3v) is 2.38. The summed E-state index contributed by atoms with van der Waals surface area (Å²) in [5, 5.41) is 0.626. The topological polar surface area (TPSA) is 32.9 Å². The summed E-state index contributed by atoms with van der Waals surface area (Å²) in [7, 11) is 0. The second-order valence-corrected chi connectivity index (χ2v) is 3.20. The molecule has 0 aromatic carbocycles. The summed E-state index contributed by atoms with van der Waals surface area (Å²) in [5.74, 6) is 0. The molecule has 58 valence electrons. The molecular formula is C8H8ClNO. The molecule has 1 aliphatic carbocycles. The Kier molecular flexibility index (Phi) is 1.50. The Labute approximate surface area is 69.2 Å². The maximum atomic E-state index is 10.9. The molecule has 0 unspecified atom stereocenters. The van der Waals surface area contributed by atoms with E-state index in [2.05, 4.69) is 4.98 Å². The van der Waals surface area contributed by atoms with E-state index in [9.17, 15) is 4.79 Å². The third kappa shape index (κ3) is 1.07. The van der Waals surface area contributed by atoms with E-state index in [0.717, 1.165) is 30.5 Å². The maximum Gasteiger partial charge on any atom is 0.249 e. The van der Waals surface area contributed by atoms with Gasteiger partial charge in [-0.25, -0.2) is 0 Å². The predicted molar refractivity (Wildman–Crippen MR) is 44.1 cm³/mol. The minimum absolute atomic E-state index is 0.0874. The number of aryl methyl sites for hydroxylation is 1. The van der Waals surface area contributed by atoms with Crippen LogP contribution < -0.4 is 5.56 Å². The number of hydrogen-bond donors (Lipinski definition) is 1. The number of halogens is 1. The quantitative estimate of drug-likeness (QED) is 0.628. The lowest BCUT2D eigenvalue weighted by molar-refractivity contribution is 0.897. The molecule has 1 heterocycles. The molecule has 0 radical (unpaired) electrons. The zero-order valence-electron chi connectivity index (χ0n) is 5.98. The fourth-order valence-electron chi connectivity index (χ4n) is 1.53. The lowest BCUT2D eigenvalue weighted by Gasteiger charge is -1.98. The van der Waals surface area contributed by atoms with Gasteiger partial charge in [0.1, 0.15) is 0 Å². The molecule has 0 saturated carbocycles. The number of nitrogens with one attached hydrogen (secondary N) is 1. The van der Waals surface area contributed by atoms with Gasteiger partial charge in [0.15, 0.2) is 0 Å². The van der Waals surface area contributed by atoms with Gasteiger partial charge in [-0.15, -0.1) is 0 Å². The van der Waals surface area contributed by atoms with Gasteiger partial charge in [0, 0.05) is 11.8 Å². The number of aromatic nitrogens is 1. The van der Waals surface area contributed by atoms with Gasteiger partial charge < -0.3 is 4.98 Å². The molecule has 1 aliphatic rings. The van der Waals surface area contributed by atoms with Gasteiger partial charge in [-0.05, 0) is 24.8 Å². The third-order valence-electron chi connectivity index (χ3n) is 2.04. The number of fused-ring (bicyclic) bond motifs is 1. The summed E-state index contributed by atoms with van der Waals surface area (Å²) < 4.78 is 0. The van der Waals surface area contributed by atoms with Crippen molar-refractivity contribution in [2.45, 2.75) is 19.3 Å². The Morgan fingerprint density at radius 1 is 1.45 bits per heavy atom. The van der Waals surface area contributed by atoms with Crippen molar-refractivity contribution >= 4 is 11.6 Å². The van der Waals surface area contributed by atoms with Crippen molar-refractivity contribution in [3.05, 3.63) is 32.7 Å². The highest BCUT2D eigenvalue weighted by Gasteiger charge is 2.14. The predicted octanol–water partition coefficient (Wildman–Crippen LogP) is 1.52. The van der Waals surface area contributed by atoms with Crippen LogP contribution in [0.25, 0.3) is 0 Å². The minimum atomic E-state index is -0.0874. The van der Waals surface area contributed by atoms with E-state index < -0.39 is 0 Å². The van der Waals surface area contributed by atoms with E-state index in [1.165, 1.54) is 6.07 Å². The fourth-order valence-corrected chi connectivity index (χ4v) is 1.84. The van der Waals surface area contributed by atoms with Crippen molar-refractivity contribution in [1.82, 2.24) is 4.98 Å². The Hall–Kier alpha value is -0.760. The van der Waals surface area contributed by atoms with Crippen LogP contribution in [0.5, 0.6) is 0 Å². The number of hydrogen-bond acceptors (Lipinski definition) is 1. The Morgan fingerprint density at radius 3 is 3.09 bits per heavy atom. The molecule has 0 fully saturated rings. The monoisotopic (exact) mass is 169 g/mol. The molecule has 0 atom stereocenters. The number of aromatic amines is 1. The number of rotatable bonds is 0. The average Bonchev–Trinajstić information content (AvgIpc) is 2.34. The van der Waals surface area contributed by atoms with E-state index in [0.29, 0.717) is 5.02 Å². The summed E-state index contributed by atoms with van der Waals surface area (Å²) in [4.78, 5) is 13.7. The molecule has 11 heavy (non-hydrogen) atoms. The maximum absolute atomic E-state index is 10.9. The minimum Gasteiger partial charge on any atom is -0.326 e. The summed E-state index contributed by atoms with van der Waals surface area (Å²) in [6.07, 6.45) is 3.07. The summed E-state index contributed by atoms with van der Waals surface area (Å²) in [5.41, 5.74) is 2.07. The van der Waals surface area contributed by atoms with Gasteiger partial charge in [-0.1, -0.05) is 11.6 Å². The number of H-pyrrole nitrogens is 1. The first-order chi connectivity index (χ1) is 5.27. The van der Waals surface area contributed by atoms with Gasteiger partial charge in [-0.3, -0.25) is 4.79 Å². The Balaban J connectivity index is 2.70. The van der Waals surface area contributed by atoms with Crippen LogP contribution in [0, 0.1) is 0 Å². The van der Waals surface area contributed by atoms with Crippen molar-refractivity contribution in [3.8, 4) is 0 Å². The van der Waals surface area contributed by atoms with E-state index in [-0.39, 0.29) is 5.56 Å². The molecule has 0 amide bonds. The van der Waals surface area contributed by atoms with Gasteiger partial charge in [0.05, 0.1) is 5.02 Å². The summed E-state index contributed by atoms with van der Waals surface area (Å²) in [6.45, 7) is 0. The van der Waals surface area contributed by atoms with Crippen LogP contribution in [0.15, 0.2) is 10.9 Å². The molecule has 0 bridgehead atoms. The molecule has 2 nitrogen and oxygen atoms in total. The first-order valence-electron chi connectivity index (χ1n) is 3.68. The van der Waals surface area contributed by atoms with Crippen LogP contribution in [0.2, 0.25) is 5.02 Å². The van der Waals surface area contributed by atoms with E-state index in [1.54, 1.807) is 0 Å². The lowest BCUT2D eigenvalue weighted by Crippen LogP contribution is -2.07. The highest BCUT2D eigenvalue weighted by molar-refractivity contribution is 6.31. The van der Waals surface area contributed by atoms with Crippen molar-refractivity contribution < 1.29 is 0 Å². The van der Waals surface area contributed by atoms with Crippen LogP contribution in [0.3, 0.4) is 0 Å². The number of pyridine rings is 1. The molecule has 0 spiro atoms. The van der Waals surface area contributed by atoms with Crippen LogP contribution >= 0.6 is 11.6 Å². The summed E-state index contributed by atoms with van der Waals surface area (Å²) in [6, 6.07) is 1.45. The van der Waals surface area contributed by atoms with E-state index in [1.807, 2.05) is 0 Å². The highest BCUT2D eigenvalue weighted by Crippen LogP contribution is 2.24. The van der Waals surface area contributed by atoms with Crippen LogP contribution in [0.1, 0.15) is 17.7 Å². The normalized spacial score (nSPS) is 15.0. The molecule has 2 rings (SSSR count). The van der Waals surface area contributed by atoms with Crippen molar-refractivity contribution in [1.29, 1.82) is 0 Å². The second kappa shape index (κ2) is 2.38. The zero-order chi connectivity index (χ0) is 7.84. The Morgan fingerprint density at radius 2 is 2.27 bits per heavy atom. The SMILES string of the molecule is O=c1cc(Cl)c2c([nH]1)CCC2. The molecule has 1 aromatic rings. The first kappa shape index (κ1) is 6.92. The van der Waals surface area contributed by atoms with Crippen LogP contribution in [-0.2, 0) is 12.8 Å². The van der Waals surface area contributed by atoms with E-state index >= 15 is 0 Å².